The third-order valence-electron chi connectivity index (χ3n) is 5.53. The first kappa shape index (κ1) is 24.7. The molecule has 0 saturated heterocycles. The highest BCUT2D eigenvalue weighted by molar-refractivity contribution is 9.10. The van der Waals surface area contributed by atoms with E-state index in [4.69, 9.17) is 0 Å². The Bertz CT molecular complexity index is 1060. The molecule has 33 heavy (non-hydrogen) atoms. The highest BCUT2D eigenvalue weighted by atomic mass is 79.9. The molecule has 0 aliphatic carbocycles. The van der Waals surface area contributed by atoms with Crippen LogP contribution in [-0.2, 0) is 29.0 Å². The normalized spacial score (nSPS) is 11.6. The number of aryl methyl sites for hydroxylation is 2. The van der Waals surface area contributed by atoms with Crippen LogP contribution in [0.1, 0.15) is 34.7 Å². The number of nitrogens with one attached hydrogen (secondary N) is 1. The molecule has 4 nitrogen and oxygen atoms in total. The second-order valence-electron chi connectivity index (χ2n) is 8.42. The molecule has 0 aliphatic heterocycles. The molecular formula is C28H31BrN2O2. The van der Waals surface area contributed by atoms with Crippen molar-refractivity contribution in [3.8, 4) is 0 Å². The summed E-state index contributed by atoms with van der Waals surface area (Å²) in [6, 6.07) is 23.3. The van der Waals surface area contributed by atoms with Crippen LogP contribution >= 0.6 is 15.9 Å². The van der Waals surface area contributed by atoms with Crippen molar-refractivity contribution < 1.29 is 9.59 Å². The third kappa shape index (κ3) is 7.29. The molecule has 172 valence electrons. The van der Waals surface area contributed by atoms with Crippen molar-refractivity contribution >= 4 is 27.7 Å². The summed E-state index contributed by atoms with van der Waals surface area (Å²) in [6.07, 6.45) is 0.714. The van der Waals surface area contributed by atoms with E-state index in [1.807, 2.05) is 87.5 Å². The van der Waals surface area contributed by atoms with Gasteiger partial charge in [0, 0.05) is 24.0 Å². The van der Waals surface area contributed by atoms with E-state index in [-0.39, 0.29) is 18.2 Å². The van der Waals surface area contributed by atoms with Gasteiger partial charge in [0.25, 0.3) is 0 Å². The molecule has 5 heteroatoms. The number of amides is 2. The number of nitrogens with zero attached hydrogens (tertiary/aromatic N) is 1. The second-order valence-corrected chi connectivity index (χ2v) is 9.34. The van der Waals surface area contributed by atoms with E-state index in [0.29, 0.717) is 19.5 Å². The van der Waals surface area contributed by atoms with Crippen LogP contribution in [0, 0.1) is 13.8 Å². The van der Waals surface area contributed by atoms with Gasteiger partial charge in [-0.15, -0.1) is 0 Å². The summed E-state index contributed by atoms with van der Waals surface area (Å²) in [7, 11) is 0. The minimum absolute atomic E-state index is 0.0601. The van der Waals surface area contributed by atoms with Crippen molar-refractivity contribution in [3.63, 3.8) is 0 Å². The Morgan fingerprint density at radius 1 is 0.879 bits per heavy atom. The summed E-state index contributed by atoms with van der Waals surface area (Å²) in [5.41, 5.74) is 5.22. The number of carbonyl (C=O) groups is 2. The number of carbonyl (C=O) groups excluding carboxylic acids is 2. The van der Waals surface area contributed by atoms with Crippen LogP contribution in [0.5, 0.6) is 0 Å². The number of likely N-dealkylation sites (N-methyl/N-ethyl adjacent to an activating group) is 1. The third-order valence-corrected chi connectivity index (χ3v) is 6.05. The highest BCUT2D eigenvalue weighted by Crippen LogP contribution is 2.19. The summed E-state index contributed by atoms with van der Waals surface area (Å²) in [5, 5.41) is 2.94. The van der Waals surface area contributed by atoms with E-state index < -0.39 is 6.04 Å². The fourth-order valence-electron chi connectivity index (χ4n) is 4.08. The summed E-state index contributed by atoms with van der Waals surface area (Å²) >= 11 is 3.47. The van der Waals surface area contributed by atoms with E-state index in [1.54, 1.807) is 4.90 Å². The number of hydrogen-bond acceptors (Lipinski definition) is 2. The molecule has 1 atom stereocenters. The molecular weight excluding hydrogens is 476 g/mol. The molecule has 0 saturated carbocycles. The van der Waals surface area contributed by atoms with Crippen LogP contribution in [0.3, 0.4) is 0 Å². The standard InChI is InChI=1S/C28H31BrN2O2/c1-4-30-28(33)26(17-22-8-6-5-7-9-22)31(19-23-10-12-25(29)13-11-23)27(32)18-24-15-20(2)14-21(3)16-24/h5-16,26H,4,17-19H2,1-3H3,(H,30,33)/t26-/m0/s1. The lowest BCUT2D eigenvalue weighted by atomic mass is 10.0. The molecule has 3 rings (SSSR count). The van der Waals surface area contributed by atoms with Crippen LogP contribution < -0.4 is 5.32 Å². The average Bonchev–Trinajstić information content (AvgIpc) is 2.77. The fraction of sp³-hybridized carbons (Fsp3) is 0.286. The molecule has 0 bridgehead atoms. The molecule has 0 aliphatic rings. The smallest absolute Gasteiger partial charge is 0.243 e. The average molecular weight is 507 g/mol. The van der Waals surface area contributed by atoms with Gasteiger partial charge >= 0.3 is 0 Å². The van der Waals surface area contributed by atoms with Gasteiger partial charge in [0.2, 0.25) is 11.8 Å². The Morgan fingerprint density at radius 2 is 1.52 bits per heavy atom. The quantitative estimate of drug-likeness (QED) is 0.423. The zero-order valence-electron chi connectivity index (χ0n) is 19.5. The molecule has 3 aromatic rings. The number of rotatable bonds is 9. The van der Waals surface area contributed by atoms with Gasteiger partial charge in [-0.2, -0.15) is 0 Å². The Morgan fingerprint density at radius 3 is 2.12 bits per heavy atom. The number of halogens is 1. The van der Waals surface area contributed by atoms with Crippen LogP contribution in [0.15, 0.2) is 77.3 Å². The minimum Gasteiger partial charge on any atom is -0.355 e. The number of benzene rings is 3. The van der Waals surface area contributed by atoms with E-state index in [2.05, 4.69) is 27.3 Å². The molecule has 0 radical (unpaired) electrons. The van der Waals surface area contributed by atoms with Crippen LogP contribution in [-0.4, -0.2) is 29.3 Å². The van der Waals surface area contributed by atoms with Gasteiger partial charge in [0.05, 0.1) is 6.42 Å². The zero-order valence-corrected chi connectivity index (χ0v) is 21.1. The van der Waals surface area contributed by atoms with Crippen molar-refractivity contribution in [1.82, 2.24) is 10.2 Å². The first-order valence-electron chi connectivity index (χ1n) is 11.3. The topological polar surface area (TPSA) is 49.4 Å². The molecule has 0 unspecified atom stereocenters. The monoisotopic (exact) mass is 506 g/mol. The van der Waals surface area contributed by atoms with Crippen molar-refractivity contribution in [2.45, 2.75) is 46.2 Å². The summed E-state index contributed by atoms with van der Waals surface area (Å²) in [5.74, 6) is -0.192. The maximum absolute atomic E-state index is 13.7. The predicted molar refractivity (Wildman–Crippen MR) is 137 cm³/mol. The predicted octanol–water partition coefficient (Wildman–Crippen LogP) is 5.38. The van der Waals surface area contributed by atoms with E-state index in [0.717, 1.165) is 32.3 Å². The first-order chi connectivity index (χ1) is 15.9. The van der Waals surface area contributed by atoms with Crippen molar-refractivity contribution in [1.29, 1.82) is 0 Å². The van der Waals surface area contributed by atoms with Gasteiger partial charge in [-0.05, 0) is 49.6 Å². The lowest BCUT2D eigenvalue weighted by molar-refractivity contribution is -0.140. The maximum Gasteiger partial charge on any atom is 0.243 e. The van der Waals surface area contributed by atoms with Gasteiger partial charge in [0.1, 0.15) is 6.04 Å². The summed E-state index contributed by atoms with van der Waals surface area (Å²) < 4.78 is 0.976. The van der Waals surface area contributed by atoms with Crippen molar-refractivity contribution in [2.75, 3.05) is 6.54 Å². The van der Waals surface area contributed by atoms with E-state index in [9.17, 15) is 9.59 Å². The molecule has 2 amide bonds. The van der Waals surface area contributed by atoms with Crippen LogP contribution in [0.4, 0.5) is 0 Å². The Hall–Kier alpha value is -2.92. The molecule has 0 spiro atoms. The molecule has 3 aromatic carbocycles. The van der Waals surface area contributed by atoms with Crippen LogP contribution in [0.25, 0.3) is 0 Å². The Balaban J connectivity index is 1.96. The van der Waals surface area contributed by atoms with Gasteiger partial charge in [0.15, 0.2) is 0 Å². The number of hydrogen-bond donors (Lipinski definition) is 1. The summed E-state index contributed by atoms with van der Waals surface area (Å²) in [4.78, 5) is 28.6. The fourth-order valence-corrected chi connectivity index (χ4v) is 4.34. The summed E-state index contributed by atoms with van der Waals surface area (Å²) in [6.45, 7) is 6.85. The van der Waals surface area contributed by atoms with Gasteiger partial charge < -0.3 is 10.2 Å². The first-order valence-corrected chi connectivity index (χ1v) is 12.1. The Labute approximate surface area is 205 Å². The molecule has 0 aromatic heterocycles. The molecule has 1 N–H and O–H groups in total. The van der Waals surface area contributed by atoms with Gasteiger partial charge in [-0.25, -0.2) is 0 Å². The largest absolute Gasteiger partial charge is 0.355 e. The second kappa shape index (κ2) is 11.8. The molecule has 0 fully saturated rings. The van der Waals surface area contributed by atoms with Crippen LogP contribution in [0.2, 0.25) is 0 Å². The van der Waals surface area contributed by atoms with Gasteiger partial charge in [-0.1, -0.05) is 87.7 Å². The zero-order chi connectivity index (χ0) is 23.8. The van der Waals surface area contributed by atoms with E-state index in [1.165, 1.54) is 0 Å². The SMILES string of the molecule is CCNC(=O)[C@H](Cc1ccccc1)N(Cc1ccc(Br)cc1)C(=O)Cc1cc(C)cc(C)c1. The van der Waals surface area contributed by atoms with E-state index >= 15 is 0 Å². The van der Waals surface area contributed by atoms with Crippen molar-refractivity contribution in [2.24, 2.45) is 0 Å². The molecule has 0 heterocycles. The Kier molecular flexibility index (Phi) is 8.84. The highest BCUT2D eigenvalue weighted by Gasteiger charge is 2.30. The maximum atomic E-state index is 13.7. The minimum atomic E-state index is -0.602. The lowest BCUT2D eigenvalue weighted by Crippen LogP contribution is -2.50. The van der Waals surface area contributed by atoms with Crippen molar-refractivity contribution in [3.05, 3.63) is 105 Å². The lowest BCUT2D eigenvalue weighted by Gasteiger charge is -2.31. The van der Waals surface area contributed by atoms with Gasteiger partial charge in [-0.3, -0.25) is 9.59 Å².